The Morgan fingerprint density at radius 1 is 1.36 bits per heavy atom. The maximum Gasteiger partial charge on any atom is 0.250 e. The molecule has 0 fully saturated rings. The van der Waals surface area contributed by atoms with Crippen molar-refractivity contribution in [3.8, 4) is 5.75 Å². The molecular weight excluding hydrogens is 281 g/mol. The third-order valence-electron chi connectivity index (χ3n) is 1.08. The number of hydrogen-bond acceptors (Lipinski definition) is 3. The zero-order chi connectivity index (χ0) is 10.5. The first-order valence-electron chi connectivity index (χ1n) is 3.68. The minimum absolute atomic E-state index is 0. The van der Waals surface area contributed by atoms with Crippen LogP contribution in [0.3, 0.4) is 0 Å². The smallest absolute Gasteiger partial charge is 0.250 e. The Kier molecular flexibility index (Phi) is 8.63. The number of hydrogen-bond donors (Lipinski definition) is 2. The number of benzene rings is 1. The van der Waals surface area contributed by atoms with Crippen LogP contribution in [-0.4, -0.2) is 18.1 Å². The van der Waals surface area contributed by atoms with E-state index in [1.807, 2.05) is 13.8 Å². The molecule has 0 aliphatic heterocycles. The van der Waals surface area contributed by atoms with Gasteiger partial charge in [-0.05, 0) is 0 Å². The van der Waals surface area contributed by atoms with Crippen molar-refractivity contribution in [3.05, 3.63) is 24.3 Å². The Balaban J connectivity index is 0. The van der Waals surface area contributed by atoms with Gasteiger partial charge in [0.2, 0.25) is 10.1 Å². The largest absolute Gasteiger partial charge is 0.532 e. The zero-order valence-electron chi connectivity index (χ0n) is 7.93. The first kappa shape index (κ1) is 16.5. The molecule has 0 bridgehead atoms. The van der Waals surface area contributed by atoms with Crippen LogP contribution in [0.2, 0.25) is 0 Å². The Labute approximate surface area is 109 Å². The van der Waals surface area contributed by atoms with Crippen LogP contribution in [-0.2, 0) is 42.8 Å². The van der Waals surface area contributed by atoms with E-state index in [-0.39, 0.29) is 32.7 Å². The summed E-state index contributed by atoms with van der Waals surface area (Å²) in [6.07, 6.45) is 0. The molecule has 0 amide bonds. The predicted octanol–water partition coefficient (Wildman–Crippen LogP) is 1.46. The van der Waals surface area contributed by atoms with E-state index in [0.717, 1.165) is 12.1 Å². The van der Waals surface area contributed by atoms with Crippen molar-refractivity contribution < 1.29 is 50.8 Å². The minimum atomic E-state index is -4.31. The Morgan fingerprint density at radius 3 is 2.14 bits per heavy atom. The monoisotopic (exact) mass is 292 g/mol. The molecule has 0 aliphatic rings. The average Bonchev–Trinajstić information content (AvgIpc) is 2.07. The SMILES string of the molecule is CC.O=S(=O)(O)c1c[c-]ccc1O.[Y]. The van der Waals surface area contributed by atoms with Gasteiger partial charge in [-0.25, -0.2) is 8.42 Å². The normalized spacial score (nSPS) is 9.36. The number of phenolic OH excluding ortho intramolecular Hbond substituents is 1. The van der Waals surface area contributed by atoms with Gasteiger partial charge in [0.15, 0.2) is 0 Å². The Hall–Kier alpha value is 0.0339. The maximum absolute atomic E-state index is 10.4. The molecule has 0 aliphatic carbocycles. The van der Waals surface area contributed by atoms with Crippen LogP contribution in [0.5, 0.6) is 5.75 Å². The second-order valence-electron chi connectivity index (χ2n) is 1.87. The Morgan fingerprint density at radius 2 is 1.86 bits per heavy atom. The van der Waals surface area contributed by atoms with Crippen molar-refractivity contribution in [2.24, 2.45) is 0 Å². The maximum atomic E-state index is 10.4. The van der Waals surface area contributed by atoms with Crippen LogP contribution in [0.25, 0.3) is 0 Å². The molecule has 1 aromatic carbocycles. The molecule has 0 unspecified atom stereocenters. The zero-order valence-corrected chi connectivity index (χ0v) is 11.6. The quantitative estimate of drug-likeness (QED) is 0.607. The molecule has 14 heavy (non-hydrogen) atoms. The third-order valence-corrected chi connectivity index (χ3v) is 1.97. The van der Waals surface area contributed by atoms with Crippen LogP contribution in [0.1, 0.15) is 13.8 Å². The van der Waals surface area contributed by atoms with Crippen molar-refractivity contribution in [1.29, 1.82) is 0 Å². The topological polar surface area (TPSA) is 74.6 Å². The number of phenols is 1. The molecule has 0 heterocycles. The average molecular weight is 292 g/mol. The summed E-state index contributed by atoms with van der Waals surface area (Å²) in [4.78, 5) is -0.528. The molecule has 0 spiro atoms. The third kappa shape index (κ3) is 5.05. The summed E-state index contributed by atoms with van der Waals surface area (Å²) >= 11 is 0. The fourth-order valence-electron chi connectivity index (χ4n) is 0.614. The summed E-state index contributed by atoms with van der Waals surface area (Å²) in [6.45, 7) is 4.00. The predicted molar refractivity (Wildman–Crippen MR) is 48.1 cm³/mol. The van der Waals surface area contributed by atoms with Gasteiger partial charge < -0.3 is 5.11 Å². The van der Waals surface area contributed by atoms with Gasteiger partial charge in [0.25, 0.3) is 0 Å². The van der Waals surface area contributed by atoms with E-state index in [1.54, 1.807) is 0 Å². The van der Waals surface area contributed by atoms with E-state index in [4.69, 9.17) is 9.66 Å². The van der Waals surface area contributed by atoms with Gasteiger partial charge in [0, 0.05) is 43.4 Å². The second kappa shape index (κ2) is 7.34. The first-order chi connectivity index (χ1) is 6.02. The molecule has 2 N–H and O–H groups in total. The van der Waals surface area contributed by atoms with E-state index >= 15 is 0 Å². The van der Waals surface area contributed by atoms with Crippen LogP contribution >= 0.6 is 0 Å². The molecule has 0 saturated heterocycles. The van der Waals surface area contributed by atoms with Gasteiger partial charge in [-0.15, -0.1) is 6.07 Å². The van der Waals surface area contributed by atoms with Crippen LogP contribution in [0, 0.1) is 6.07 Å². The molecular formula is C8H11O4SY-. The molecule has 0 saturated carbocycles. The second-order valence-corrected chi connectivity index (χ2v) is 3.26. The molecule has 1 aromatic rings. The van der Waals surface area contributed by atoms with Gasteiger partial charge in [0.05, 0.1) is 0 Å². The number of aromatic hydroxyl groups is 1. The fourth-order valence-corrected chi connectivity index (χ4v) is 1.16. The Bertz CT molecular complexity index is 361. The van der Waals surface area contributed by atoms with Crippen molar-refractivity contribution in [3.63, 3.8) is 0 Å². The van der Waals surface area contributed by atoms with Crippen molar-refractivity contribution in [2.75, 3.05) is 0 Å². The van der Waals surface area contributed by atoms with E-state index in [1.165, 1.54) is 6.07 Å². The molecule has 77 valence electrons. The van der Waals surface area contributed by atoms with Gasteiger partial charge in [-0.3, -0.25) is 4.55 Å². The van der Waals surface area contributed by atoms with Crippen molar-refractivity contribution in [1.82, 2.24) is 0 Å². The number of rotatable bonds is 1. The summed E-state index contributed by atoms with van der Waals surface area (Å²) in [5.41, 5.74) is 0. The molecule has 1 radical (unpaired) electrons. The summed E-state index contributed by atoms with van der Waals surface area (Å²) < 4.78 is 29.3. The molecule has 6 heteroatoms. The van der Waals surface area contributed by atoms with E-state index < -0.39 is 20.8 Å². The van der Waals surface area contributed by atoms with Gasteiger partial charge >= 0.3 is 0 Å². The van der Waals surface area contributed by atoms with Gasteiger partial charge in [-0.2, -0.15) is 18.2 Å². The van der Waals surface area contributed by atoms with E-state index in [0.29, 0.717) is 0 Å². The molecule has 1 rings (SSSR count). The molecule has 4 nitrogen and oxygen atoms in total. The molecule has 0 atom stereocenters. The van der Waals surface area contributed by atoms with Gasteiger partial charge in [0.1, 0.15) is 0 Å². The van der Waals surface area contributed by atoms with Crippen LogP contribution < -0.4 is 0 Å². The van der Waals surface area contributed by atoms with Crippen LogP contribution in [0.4, 0.5) is 0 Å². The summed E-state index contributed by atoms with van der Waals surface area (Å²) in [5, 5.41) is 8.89. The summed E-state index contributed by atoms with van der Waals surface area (Å²) in [7, 11) is -4.31. The van der Waals surface area contributed by atoms with Crippen LogP contribution in [0.15, 0.2) is 23.1 Å². The van der Waals surface area contributed by atoms with Crippen molar-refractivity contribution >= 4 is 10.1 Å². The standard InChI is InChI=1S/C6H5O4S.C2H6.Y/c7-5-3-1-2-4-6(5)11(8,9)10;1-2;/h1,3-4,7H,(H,8,9,10);1-2H3;/q-1;;. The van der Waals surface area contributed by atoms with E-state index in [2.05, 4.69) is 6.07 Å². The first-order valence-corrected chi connectivity index (χ1v) is 5.12. The summed E-state index contributed by atoms with van der Waals surface area (Å²) in [6, 6.07) is 5.87. The molecule has 0 aromatic heterocycles. The van der Waals surface area contributed by atoms with E-state index in [9.17, 15) is 8.42 Å². The van der Waals surface area contributed by atoms with Gasteiger partial charge in [-0.1, -0.05) is 13.8 Å². The minimum Gasteiger partial charge on any atom is -0.532 e. The fraction of sp³-hybridized carbons (Fsp3) is 0.250. The summed E-state index contributed by atoms with van der Waals surface area (Å²) in [5.74, 6) is -0.480. The van der Waals surface area contributed by atoms with Crippen molar-refractivity contribution in [2.45, 2.75) is 18.7 Å².